The van der Waals surface area contributed by atoms with E-state index in [1.165, 1.54) is 12.1 Å². The standard InChI is InChI=1S/C15H19FN2O2/c1-15(2,9-10-3-5-11(16)6-4-10)18-14(20)12-7-8-13(19)17-12/h3-6,12H,7-9H2,1-2H3,(H,17,19)(H,18,20). The highest BCUT2D eigenvalue weighted by molar-refractivity contribution is 5.91. The van der Waals surface area contributed by atoms with Crippen molar-refractivity contribution in [2.24, 2.45) is 0 Å². The van der Waals surface area contributed by atoms with Crippen molar-refractivity contribution in [3.05, 3.63) is 35.6 Å². The van der Waals surface area contributed by atoms with Gasteiger partial charge in [-0.2, -0.15) is 0 Å². The van der Waals surface area contributed by atoms with E-state index in [0.29, 0.717) is 19.3 Å². The second-order valence-electron chi connectivity index (χ2n) is 5.84. The molecule has 0 spiro atoms. The van der Waals surface area contributed by atoms with E-state index in [9.17, 15) is 14.0 Å². The van der Waals surface area contributed by atoms with Crippen molar-refractivity contribution in [3.63, 3.8) is 0 Å². The number of halogens is 1. The summed E-state index contributed by atoms with van der Waals surface area (Å²) in [5, 5.41) is 5.58. The lowest BCUT2D eigenvalue weighted by molar-refractivity contribution is -0.126. The largest absolute Gasteiger partial charge is 0.349 e. The molecule has 1 aliphatic rings. The Balaban J connectivity index is 1.94. The molecule has 4 nitrogen and oxygen atoms in total. The molecule has 2 rings (SSSR count). The van der Waals surface area contributed by atoms with Crippen LogP contribution >= 0.6 is 0 Å². The molecule has 1 heterocycles. The molecule has 2 N–H and O–H groups in total. The SMILES string of the molecule is CC(C)(Cc1ccc(F)cc1)NC(=O)C1CCC(=O)N1. The molecule has 1 saturated heterocycles. The van der Waals surface area contributed by atoms with Gasteiger partial charge in [0.05, 0.1) is 0 Å². The molecule has 20 heavy (non-hydrogen) atoms. The Morgan fingerprint density at radius 3 is 2.60 bits per heavy atom. The third kappa shape index (κ3) is 3.79. The van der Waals surface area contributed by atoms with Crippen LogP contribution in [0.1, 0.15) is 32.3 Å². The molecule has 1 aromatic rings. The first-order chi connectivity index (χ1) is 9.35. The average Bonchev–Trinajstić information content (AvgIpc) is 2.78. The van der Waals surface area contributed by atoms with Gasteiger partial charge < -0.3 is 10.6 Å². The lowest BCUT2D eigenvalue weighted by atomic mass is 9.94. The Kier molecular flexibility index (Phi) is 4.06. The minimum atomic E-state index is -0.456. The number of hydrogen-bond donors (Lipinski definition) is 2. The highest BCUT2D eigenvalue weighted by Crippen LogP contribution is 2.15. The van der Waals surface area contributed by atoms with Gasteiger partial charge in [0.25, 0.3) is 0 Å². The number of carbonyl (C=O) groups excluding carboxylic acids is 2. The number of carbonyl (C=O) groups is 2. The zero-order valence-corrected chi connectivity index (χ0v) is 11.7. The van der Waals surface area contributed by atoms with Crippen LogP contribution in [-0.2, 0) is 16.0 Å². The highest BCUT2D eigenvalue weighted by Gasteiger charge is 2.30. The van der Waals surface area contributed by atoms with Gasteiger partial charge in [0.1, 0.15) is 11.9 Å². The minimum Gasteiger partial charge on any atom is -0.349 e. The predicted octanol–water partition coefficient (Wildman–Crippen LogP) is 1.54. The van der Waals surface area contributed by atoms with Crippen LogP contribution in [0.3, 0.4) is 0 Å². The van der Waals surface area contributed by atoms with E-state index < -0.39 is 11.6 Å². The third-order valence-electron chi connectivity index (χ3n) is 3.33. The summed E-state index contributed by atoms with van der Waals surface area (Å²) < 4.78 is 12.9. The second-order valence-corrected chi connectivity index (χ2v) is 5.84. The number of hydrogen-bond acceptors (Lipinski definition) is 2. The molecule has 1 aromatic carbocycles. The number of rotatable bonds is 4. The maximum atomic E-state index is 12.9. The number of benzene rings is 1. The van der Waals surface area contributed by atoms with Crippen molar-refractivity contribution in [2.45, 2.75) is 44.7 Å². The first-order valence-electron chi connectivity index (χ1n) is 6.71. The smallest absolute Gasteiger partial charge is 0.243 e. The quantitative estimate of drug-likeness (QED) is 0.877. The molecule has 0 radical (unpaired) electrons. The van der Waals surface area contributed by atoms with Crippen LogP contribution in [-0.4, -0.2) is 23.4 Å². The molecule has 2 amide bonds. The zero-order valence-electron chi connectivity index (χ0n) is 11.7. The van der Waals surface area contributed by atoms with Gasteiger partial charge in [-0.15, -0.1) is 0 Å². The Morgan fingerprint density at radius 2 is 2.05 bits per heavy atom. The molecule has 1 unspecified atom stereocenters. The Morgan fingerprint density at radius 1 is 1.40 bits per heavy atom. The Hall–Kier alpha value is -1.91. The van der Waals surface area contributed by atoms with E-state index >= 15 is 0 Å². The molecule has 5 heteroatoms. The van der Waals surface area contributed by atoms with Crippen molar-refractivity contribution in [3.8, 4) is 0 Å². The van der Waals surface area contributed by atoms with Crippen LogP contribution < -0.4 is 10.6 Å². The fraction of sp³-hybridized carbons (Fsp3) is 0.467. The summed E-state index contributed by atoms with van der Waals surface area (Å²) in [5.74, 6) is -0.520. The van der Waals surface area contributed by atoms with Gasteiger partial charge in [-0.1, -0.05) is 12.1 Å². The molecule has 108 valence electrons. The molecule has 0 aromatic heterocycles. The molecule has 1 fully saturated rings. The van der Waals surface area contributed by atoms with Crippen molar-refractivity contribution in [1.82, 2.24) is 10.6 Å². The molecular weight excluding hydrogens is 259 g/mol. The molecule has 0 bridgehead atoms. The van der Waals surface area contributed by atoms with Gasteiger partial charge in [-0.3, -0.25) is 9.59 Å². The lowest BCUT2D eigenvalue weighted by Gasteiger charge is -2.28. The number of nitrogens with one attached hydrogen (secondary N) is 2. The molecule has 0 aliphatic carbocycles. The first-order valence-corrected chi connectivity index (χ1v) is 6.71. The summed E-state index contributed by atoms with van der Waals surface area (Å²) in [6.45, 7) is 3.82. The van der Waals surface area contributed by atoms with E-state index in [1.54, 1.807) is 12.1 Å². The molecule has 1 aliphatic heterocycles. The summed E-state index contributed by atoms with van der Waals surface area (Å²) in [6.07, 6.45) is 1.54. The molecule has 0 saturated carbocycles. The summed E-state index contributed by atoms with van der Waals surface area (Å²) in [5.41, 5.74) is 0.495. The van der Waals surface area contributed by atoms with Gasteiger partial charge in [0, 0.05) is 12.0 Å². The molecular formula is C15H19FN2O2. The van der Waals surface area contributed by atoms with E-state index in [2.05, 4.69) is 10.6 Å². The summed E-state index contributed by atoms with van der Waals surface area (Å²) >= 11 is 0. The zero-order chi connectivity index (χ0) is 14.8. The maximum Gasteiger partial charge on any atom is 0.243 e. The second kappa shape index (κ2) is 5.61. The van der Waals surface area contributed by atoms with Gasteiger partial charge in [-0.25, -0.2) is 4.39 Å². The van der Waals surface area contributed by atoms with Gasteiger partial charge in [0.15, 0.2) is 0 Å². The summed E-state index contributed by atoms with van der Waals surface area (Å²) in [4.78, 5) is 23.2. The molecule has 1 atom stereocenters. The lowest BCUT2D eigenvalue weighted by Crippen LogP contribution is -2.51. The average molecular weight is 278 g/mol. The minimum absolute atomic E-state index is 0.0820. The van der Waals surface area contributed by atoms with Crippen LogP contribution in [0.4, 0.5) is 4.39 Å². The monoisotopic (exact) mass is 278 g/mol. The van der Waals surface area contributed by atoms with Crippen LogP contribution in [0.25, 0.3) is 0 Å². The normalized spacial score (nSPS) is 18.8. The highest BCUT2D eigenvalue weighted by atomic mass is 19.1. The van der Waals surface area contributed by atoms with E-state index in [-0.39, 0.29) is 17.6 Å². The van der Waals surface area contributed by atoms with Crippen molar-refractivity contribution >= 4 is 11.8 Å². The fourth-order valence-corrected chi connectivity index (χ4v) is 2.39. The topological polar surface area (TPSA) is 58.2 Å². The summed E-state index contributed by atoms with van der Waals surface area (Å²) in [6, 6.07) is 5.80. The van der Waals surface area contributed by atoms with Crippen LogP contribution in [0.2, 0.25) is 0 Å². The predicted molar refractivity (Wildman–Crippen MR) is 73.5 cm³/mol. The van der Waals surface area contributed by atoms with E-state index in [0.717, 1.165) is 5.56 Å². The van der Waals surface area contributed by atoms with E-state index in [4.69, 9.17) is 0 Å². The van der Waals surface area contributed by atoms with Crippen molar-refractivity contribution in [2.75, 3.05) is 0 Å². The van der Waals surface area contributed by atoms with Crippen LogP contribution in [0, 0.1) is 5.82 Å². The fourth-order valence-electron chi connectivity index (χ4n) is 2.39. The van der Waals surface area contributed by atoms with Crippen LogP contribution in [0.5, 0.6) is 0 Å². The van der Waals surface area contributed by atoms with Crippen LogP contribution in [0.15, 0.2) is 24.3 Å². The van der Waals surface area contributed by atoms with E-state index in [1.807, 2.05) is 13.8 Å². The third-order valence-corrected chi connectivity index (χ3v) is 3.33. The Bertz CT molecular complexity index is 511. The van der Waals surface area contributed by atoms with Crippen molar-refractivity contribution in [1.29, 1.82) is 0 Å². The Labute approximate surface area is 117 Å². The maximum absolute atomic E-state index is 12.9. The van der Waals surface area contributed by atoms with Crippen molar-refractivity contribution < 1.29 is 14.0 Å². The summed E-state index contributed by atoms with van der Waals surface area (Å²) in [7, 11) is 0. The van der Waals surface area contributed by atoms with Gasteiger partial charge in [0.2, 0.25) is 11.8 Å². The number of amides is 2. The van der Waals surface area contributed by atoms with Gasteiger partial charge in [-0.05, 0) is 44.4 Å². The van der Waals surface area contributed by atoms with Gasteiger partial charge >= 0.3 is 0 Å². The first kappa shape index (κ1) is 14.5.